The first-order valence-corrected chi connectivity index (χ1v) is 7.89. The minimum absolute atomic E-state index is 0.142. The third-order valence-corrected chi connectivity index (χ3v) is 3.85. The summed E-state index contributed by atoms with van der Waals surface area (Å²) in [4.78, 5) is 25.8. The van der Waals surface area contributed by atoms with Crippen molar-refractivity contribution in [2.45, 2.75) is 13.1 Å². The first-order valence-electron chi connectivity index (χ1n) is 7.89. The zero-order valence-electron chi connectivity index (χ0n) is 13.6. The Morgan fingerprint density at radius 2 is 1.52 bits per heavy atom. The van der Waals surface area contributed by atoms with Gasteiger partial charge < -0.3 is 15.1 Å². The third-order valence-electron chi connectivity index (χ3n) is 3.85. The van der Waals surface area contributed by atoms with Gasteiger partial charge in [0.2, 0.25) is 5.91 Å². The Balaban J connectivity index is 1.84. The molecule has 0 unspecified atom stereocenters. The second-order valence-corrected chi connectivity index (χ2v) is 5.67. The van der Waals surface area contributed by atoms with E-state index in [2.05, 4.69) is 0 Å². The van der Waals surface area contributed by atoms with E-state index in [9.17, 15) is 9.59 Å². The fourth-order valence-electron chi connectivity index (χ4n) is 2.55. The number of carbonyl (C=O) groups excluding carboxylic acids is 2. The molecule has 0 radical (unpaired) electrons. The van der Waals surface area contributed by atoms with Crippen molar-refractivity contribution in [3.8, 4) is 0 Å². The molecule has 0 aliphatic carbocycles. The lowest BCUT2D eigenvalue weighted by Gasteiger charge is -2.22. The first-order chi connectivity index (χ1) is 12.1. The molecule has 3 aromatic rings. The molecule has 0 bridgehead atoms. The summed E-state index contributed by atoms with van der Waals surface area (Å²) >= 11 is 0. The average molecular weight is 334 g/mol. The van der Waals surface area contributed by atoms with Crippen molar-refractivity contribution < 1.29 is 14.0 Å². The molecule has 3 rings (SSSR count). The molecule has 0 saturated heterocycles. The topological polar surface area (TPSA) is 76.5 Å². The van der Waals surface area contributed by atoms with Gasteiger partial charge in [0.05, 0.1) is 12.8 Å². The lowest BCUT2D eigenvalue weighted by atomic mass is 10.1. The Hall–Kier alpha value is -3.34. The van der Waals surface area contributed by atoms with Gasteiger partial charge in [-0.25, -0.2) is 0 Å². The van der Waals surface area contributed by atoms with Gasteiger partial charge in [0, 0.05) is 17.7 Å². The quantitative estimate of drug-likeness (QED) is 0.752. The first kappa shape index (κ1) is 16.5. The molecular formula is C20H18N2O3. The van der Waals surface area contributed by atoms with Gasteiger partial charge in [0.15, 0.2) is 0 Å². The Labute approximate surface area is 145 Å². The van der Waals surface area contributed by atoms with Crippen molar-refractivity contribution in [2.75, 3.05) is 0 Å². The molecule has 2 aromatic carbocycles. The predicted molar refractivity (Wildman–Crippen MR) is 93.7 cm³/mol. The summed E-state index contributed by atoms with van der Waals surface area (Å²) in [5.74, 6) is 0.0463. The maximum Gasteiger partial charge on any atom is 0.254 e. The number of hydrogen-bond acceptors (Lipinski definition) is 3. The predicted octanol–water partition coefficient (Wildman–Crippen LogP) is 3.22. The number of hydrogen-bond donors (Lipinski definition) is 1. The summed E-state index contributed by atoms with van der Waals surface area (Å²) in [5, 5.41) is 0. The third kappa shape index (κ3) is 4.14. The Bertz CT molecular complexity index is 840. The number of carbonyl (C=O) groups is 2. The molecule has 5 heteroatoms. The van der Waals surface area contributed by atoms with Crippen molar-refractivity contribution in [3.63, 3.8) is 0 Å². The van der Waals surface area contributed by atoms with Crippen molar-refractivity contribution in [1.29, 1.82) is 0 Å². The van der Waals surface area contributed by atoms with Crippen LogP contribution in [0.15, 0.2) is 77.4 Å². The lowest BCUT2D eigenvalue weighted by Crippen LogP contribution is -2.30. The van der Waals surface area contributed by atoms with E-state index in [0.717, 1.165) is 5.56 Å². The minimum atomic E-state index is -0.518. The van der Waals surface area contributed by atoms with Crippen LogP contribution in [0.1, 0.15) is 32.0 Å². The van der Waals surface area contributed by atoms with Crippen LogP contribution in [0.5, 0.6) is 0 Å². The number of benzene rings is 2. The largest absolute Gasteiger partial charge is 0.467 e. The number of furan rings is 1. The van der Waals surface area contributed by atoms with E-state index in [1.54, 1.807) is 41.5 Å². The molecule has 0 aliphatic heterocycles. The van der Waals surface area contributed by atoms with Gasteiger partial charge in [-0.1, -0.05) is 30.3 Å². The fraction of sp³-hybridized carbons (Fsp3) is 0.100. The van der Waals surface area contributed by atoms with Crippen LogP contribution in [0, 0.1) is 0 Å². The van der Waals surface area contributed by atoms with E-state index in [0.29, 0.717) is 30.0 Å². The second-order valence-electron chi connectivity index (χ2n) is 5.67. The van der Waals surface area contributed by atoms with Gasteiger partial charge in [-0.2, -0.15) is 0 Å². The van der Waals surface area contributed by atoms with Crippen LogP contribution in [-0.2, 0) is 13.1 Å². The van der Waals surface area contributed by atoms with Gasteiger partial charge in [-0.3, -0.25) is 9.59 Å². The Morgan fingerprint density at radius 1 is 0.840 bits per heavy atom. The Morgan fingerprint density at radius 3 is 2.12 bits per heavy atom. The number of nitrogens with zero attached hydrogens (tertiary/aromatic N) is 1. The van der Waals surface area contributed by atoms with Crippen LogP contribution in [0.3, 0.4) is 0 Å². The number of nitrogens with two attached hydrogens (primary N) is 1. The fourth-order valence-corrected chi connectivity index (χ4v) is 2.55. The zero-order chi connectivity index (χ0) is 17.6. The molecule has 126 valence electrons. The SMILES string of the molecule is NC(=O)c1ccc(C(=O)N(Cc2ccccc2)Cc2ccco2)cc1. The number of amides is 2. The van der Waals surface area contributed by atoms with Crippen LogP contribution in [0.2, 0.25) is 0 Å². The lowest BCUT2D eigenvalue weighted by molar-refractivity contribution is 0.0717. The molecule has 1 aromatic heterocycles. The van der Waals surface area contributed by atoms with Crippen molar-refractivity contribution in [2.24, 2.45) is 5.73 Å². The smallest absolute Gasteiger partial charge is 0.254 e. The monoisotopic (exact) mass is 334 g/mol. The molecule has 0 aliphatic rings. The molecule has 1 heterocycles. The zero-order valence-corrected chi connectivity index (χ0v) is 13.6. The standard InChI is InChI=1S/C20H18N2O3/c21-19(23)16-8-10-17(11-9-16)20(24)22(14-18-7-4-12-25-18)13-15-5-2-1-3-6-15/h1-12H,13-14H2,(H2,21,23). The van der Waals surface area contributed by atoms with E-state index in [4.69, 9.17) is 10.2 Å². The highest BCUT2D eigenvalue weighted by Gasteiger charge is 2.18. The summed E-state index contributed by atoms with van der Waals surface area (Å²) in [6.07, 6.45) is 1.59. The molecule has 25 heavy (non-hydrogen) atoms. The molecule has 0 atom stereocenters. The molecule has 0 spiro atoms. The van der Waals surface area contributed by atoms with Crippen LogP contribution in [0.25, 0.3) is 0 Å². The molecule has 0 saturated carbocycles. The van der Waals surface area contributed by atoms with E-state index in [1.165, 1.54) is 0 Å². The molecule has 0 fully saturated rings. The maximum absolute atomic E-state index is 12.9. The van der Waals surface area contributed by atoms with Gasteiger partial charge >= 0.3 is 0 Å². The second kappa shape index (κ2) is 7.49. The van der Waals surface area contributed by atoms with Crippen molar-refractivity contribution in [3.05, 3.63) is 95.4 Å². The van der Waals surface area contributed by atoms with Crippen LogP contribution >= 0.6 is 0 Å². The summed E-state index contributed by atoms with van der Waals surface area (Å²) in [7, 11) is 0. The minimum Gasteiger partial charge on any atom is -0.467 e. The molecule has 5 nitrogen and oxygen atoms in total. The summed E-state index contributed by atoms with van der Waals surface area (Å²) in [5.41, 5.74) is 7.14. The number of rotatable bonds is 6. The van der Waals surface area contributed by atoms with Crippen molar-refractivity contribution in [1.82, 2.24) is 4.90 Å². The number of primary amides is 1. The van der Waals surface area contributed by atoms with E-state index < -0.39 is 5.91 Å². The van der Waals surface area contributed by atoms with E-state index in [1.807, 2.05) is 36.4 Å². The maximum atomic E-state index is 12.9. The summed E-state index contributed by atoms with van der Waals surface area (Å²) in [6.45, 7) is 0.816. The van der Waals surface area contributed by atoms with Gasteiger partial charge in [0.1, 0.15) is 5.76 Å². The molecular weight excluding hydrogens is 316 g/mol. The van der Waals surface area contributed by atoms with Crippen molar-refractivity contribution >= 4 is 11.8 Å². The summed E-state index contributed by atoms with van der Waals surface area (Å²) in [6, 6.07) is 19.7. The van der Waals surface area contributed by atoms with Crippen LogP contribution < -0.4 is 5.73 Å². The van der Waals surface area contributed by atoms with Gasteiger partial charge in [-0.15, -0.1) is 0 Å². The van der Waals surface area contributed by atoms with Gasteiger partial charge in [-0.05, 0) is 42.0 Å². The summed E-state index contributed by atoms with van der Waals surface area (Å²) < 4.78 is 5.38. The van der Waals surface area contributed by atoms with E-state index >= 15 is 0 Å². The van der Waals surface area contributed by atoms with Crippen LogP contribution in [0.4, 0.5) is 0 Å². The van der Waals surface area contributed by atoms with Gasteiger partial charge in [0.25, 0.3) is 5.91 Å². The normalized spacial score (nSPS) is 10.4. The highest BCUT2D eigenvalue weighted by molar-refractivity contribution is 5.97. The van der Waals surface area contributed by atoms with Crippen LogP contribution in [-0.4, -0.2) is 16.7 Å². The molecule has 2 N–H and O–H groups in total. The van der Waals surface area contributed by atoms with E-state index in [-0.39, 0.29) is 5.91 Å². The molecule has 2 amide bonds. The highest BCUT2D eigenvalue weighted by Crippen LogP contribution is 2.15. The highest BCUT2D eigenvalue weighted by atomic mass is 16.3. The average Bonchev–Trinajstić information content (AvgIpc) is 3.14. The Kier molecular flexibility index (Phi) is 4.95.